The maximum atomic E-state index is 12.7. The number of carbonyl (C=O) groups is 1. The Hall–Kier alpha value is -1.40. The van der Waals surface area contributed by atoms with Gasteiger partial charge >= 0.3 is 6.03 Å². The van der Waals surface area contributed by atoms with E-state index in [2.05, 4.69) is 34.1 Å². The lowest BCUT2D eigenvalue weighted by Crippen LogP contribution is -2.41. The molecule has 0 bridgehead atoms. The summed E-state index contributed by atoms with van der Waals surface area (Å²) < 4.78 is 0. The summed E-state index contributed by atoms with van der Waals surface area (Å²) in [5.41, 5.74) is 1.04. The van der Waals surface area contributed by atoms with Crippen LogP contribution in [0.15, 0.2) is 22.9 Å². The predicted molar refractivity (Wildman–Crippen MR) is 91.4 cm³/mol. The summed E-state index contributed by atoms with van der Waals surface area (Å²) >= 11 is 3.35. The Morgan fingerprint density at radius 3 is 3.05 bits per heavy atom. The van der Waals surface area contributed by atoms with Gasteiger partial charge in [0.2, 0.25) is 0 Å². The van der Waals surface area contributed by atoms with Crippen molar-refractivity contribution in [2.24, 2.45) is 0 Å². The second-order valence-corrected chi connectivity index (χ2v) is 7.61. The molecule has 4 nitrogen and oxygen atoms in total. The maximum Gasteiger partial charge on any atom is 0.318 e. The molecule has 1 N–H and O–H groups in total. The van der Waals surface area contributed by atoms with Crippen molar-refractivity contribution in [3.8, 4) is 0 Å². The van der Waals surface area contributed by atoms with Crippen molar-refractivity contribution in [2.75, 3.05) is 6.54 Å². The van der Waals surface area contributed by atoms with E-state index in [1.165, 1.54) is 4.88 Å². The van der Waals surface area contributed by atoms with Gasteiger partial charge in [0.05, 0.1) is 22.8 Å². The number of carbonyl (C=O) groups excluding carboxylic acids is 1. The first kappa shape index (κ1) is 15.5. The van der Waals surface area contributed by atoms with Crippen molar-refractivity contribution < 1.29 is 4.79 Å². The van der Waals surface area contributed by atoms with E-state index in [0.29, 0.717) is 0 Å². The van der Waals surface area contributed by atoms with Crippen LogP contribution in [0.2, 0.25) is 0 Å². The van der Waals surface area contributed by atoms with Crippen molar-refractivity contribution in [1.82, 2.24) is 15.2 Å². The summed E-state index contributed by atoms with van der Waals surface area (Å²) in [6.07, 6.45) is 2.96. The van der Waals surface area contributed by atoms with Crippen molar-refractivity contribution in [3.63, 3.8) is 0 Å². The number of aromatic nitrogens is 1. The first-order valence-electron chi connectivity index (χ1n) is 7.71. The van der Waals surface area contributed by atoms with E-state index < -0.39 is 0 Å². The van der Waals surface area contributed by atoms with Gasteiger partial charge in [-0.15, -0.1) is 22.7 Å². The van der Waals surface area contributed by atoms with Gasteiger partial charge in [-0.05, 0) is 37.6 Å². The Balaban J connectivity index is 1.70. The fourth-order valence-electron chi connectivity index (χ4n) is 2.95. The van der Waals surface area contributed by atoms with Gasteiger partial charge in [-0.2, -0.15) is 0 Å². The number of amides is 2. The molecule has 0 saturated carbocycles. The molecule has 0 unspecified atom stereocenters. The third-order valence-electron chi connectivity index (χ3n) is 4.08. The topological polar surface area (TPSA) is 45.2 Å². The standard InChI is InChI=1S/C16H21N3OS2/c1-3-12(15-7-5-9-21-15)18-16(20)19-8-4-6-14(19)13-10-22-11(2)17-13/h5,7,9-10,12,14H,3-4,6,8H2,1-2H3,(H,18,20)/t12-,14+/m0/s1. The molecule has 2 atom stereocenters. The summed E-state index contributed by atoms with van der Waals surface area (Å²) in [6, 6.07) is 4.39. The minimum Gasteiger partial charge on any atom is -0.330 e. The van der Waals surface area contributed by atoms with Crippen molar-refractivity contribution in [2.45, 2.75) is 45.2 Å². The number of nitrogens with one attached hydrogen (secondary N) is 1. The van der Waals surface area contributed by atoms with E-state index in [4.69, 9.17) is 0 Å². The fourth-order valence-corrected chi connectivity index (χ4v) is 4.47. The zero-order valence-electron chi connectivity index (χ0n) is 12.9. The highest BCUT2D eigenvalue weighted by Crippen LogP contribution is 2.33. The molecule has 0 radical (unpaired) electrons. The van der Waals surface area contributed by atoms with Gasteiger partial charge in [-0.3, -0.25) is 0 Å². The van der Waals surface area contributed by atoms with E-state index in [9.17, 15) is 4.79 Å². The molecule has 1 saturated heterocycles. The van der Waals surface area contributed by atoms with Crippen LogP contribution in [0, 0.1) is 6.92 Å². The minimum absolute atomic E-state index is 0.0356. The Morgan fingerprint density at radius 2 is 2.41 bits per heavy atom. The monoisotopic (exact) mass is 335 g/mol. The summed E-state index contributed by atoms with van der Waals surface area (Å²) in [5, 5.41) is 8.39. The number of nitrogens with zero attached hydrogens (tertiary/aromatic N) is 2. The summed E-state index contributed by atoms with van der Waals surface area (Å²) in [5.74, 6) is 0. The van der Waals surface area contributed by atoms with E-state index in [0.717, 1.165) is 36.5 Å². The maximum absolute atomic E-state index is 12.7. The largest absolute Gasteiger partial charge is 0.330 e. The number of thiophene rings is 1. The van der Waals surface area contributed by atoms with Crippen LogP contribution < -0.4 is 5.32 Å². The third-order valence-corrected chi connectivity index (χ3v) is 5.86. The molecular formula is C16H21N3OS2. The molecule has 0 aliphatic carbocycles. The van der Waals surface area contributed by atoms with Crippen molar-refractivity contribution >= 4 is 28.7 Å². The molecule has 2 aromatic heterocycles. The number of likely N-dealkylation sites (tertiary alicyclic amines) is 1. The van der Waals surface area contributed by atoms with Gasteiger partial charge in [0.25, 0.3) is 0 Å². The van der Waals surface area contributed by atoms with E-state index in [1.807, 2.05) is 17.9 Å². The lowest BCUT2D eigenvalue weighted by molar-refractivity contribution is 0.188. The third kappa shape index (κ3) is 3.17. The summed E-state index contributed by atoms with van der Waals surface area (Å²) in [6.45, 7) is 4.93. The molecule has 1 aliphatic heterocycles. The average Bonchev–Trinajstić information content (AvgIpc) is 3.24. The number of aryl methyl sites for hydroxylation is 1. The van der Waals surface area contributed by atoms with Crippen LogP contribution >= 0.6 is 22.7 Å². The number of hydrogen-bond donors (Lipinski definition) is 1. The molecule has 3 heterocycles. The highest BCUT2D eigenvalue weighted by molar-refractivity contribution is 7.10. The van der Waals surface area contributed by atoms with Gasteiger partial charge in [0.15, 0.2) is 0 Å². The Bertz CT molecular complexity index is 623. The van der Waals surface area contributed by atoms with Crippen LogP contribution in [0.25, 0.3) is 0 Å². The number of hydrogen-bond acceptors (Lipinski definition) is 4. The molecule has 22 heavy (non-hydrogen) atoms. The Morgan fingerprint density at radius 1 is 1.55 bits per heavy atom. The van der Waals surface area contributed by atoms with E-state index in [1.54, 1.807) is 22.7 Å². The minimum atomic E-state index is 0.0356. The van der Waals surface area contributed by atoms with Gasteiger partial charge in [-0.25, -0.2) is 9.78 Å². The second kappa shape index (κ2) is 6.79. The van der Waals surface area contributed by atoms with E-state index >= 15 is 0 Å². The Kier molecular flexibility index (Phi) is 4.78. The Labute approximate surface area is 139 Å². The van der Waals surface area contributed by atoms with Crippen LogP contribution in [0.4, 0.5) is 4.79 Å². The fraction of sp³-hybridized carbons (Fsp3) is 0.500. The van der Waals surface area contributed by atoms with Crippen LogP contribution in [0.3, 0.4) is 0 Å². The summed E-state index contributed by atoms with van der Waals surface area (Å²) in [4.78, 5) is 20.4. The average molecular weight is 335 g/mol. The van der Waals surface area contributed by atoms with Crippen LogP contribution in [0.1, 0.15) is 53.8 Å². The normalized spacial score (nSPS) is 19.4. The van der Waals surface area contributed by atoms with E-state index in [-0.39, 0.29) is 18.1 Å². The predicted octanol–water partition coefficient (Wildman–Crippen LogP) is 4.51. The second-order valence-electron chi connectivity index (χ2n) is 5.57. The molecule has 2 aromatic rings. The molecule has 118 valence electrons. The molecule has 0 spiro atoms. The number of thiazole rings is 1. The molecular weight excluding hydrogens is 314 g/mol. The molecule has 6 heteroatoms. The van der Waals surface area contributed by atoms with Crippen molar-refractivity contribution in [1.29, 1.82) is 0 Å². The van der Waals surface area contributed by atoms with Crippen LogP contribution in [-0.4, -0.2) is 22.5 Å². The quantitative estimate of drug-likeness (QED) is 0.893. The number of rotatable bonds is 4. The first-order chi connectivity index (χ1) is 10.7. The molecule has 1 fully saturated rings. The molecule has 2 amide bonds. The van der Waals surface area contributed by atoms with Gasteiger partial charge in [0.1, 0.15) is 0 Å². The molecule has 0 aromatic carbocycles. The van der Waals surface area contributed by atoms with Gasteiger partial charge in [0, 0.05) is 16.8 Å². The molecule has 3 rings (SSSR count). The van der Waals surface area contributed by atoms with Crippen LogP contribution in [-0.2, 0) is 0 Å². The molecule has 1 aliphatic rings. The van der Waals surface area contributed by atoms with Gasteiger partial charge in [-0.1, -0.05) is 13.0 Å². The zero-order valence-corrected chi connectivity index (χ0v) is 14.5. The highest BCUT2D eigenvalue weighted by atomic mass is 32.1. The summed E-state index contributed by atoms with van der Waals surface area (Å²) in [7, 11) is 0. The van der Waals surface area contributed by atoms with Gasteiger partial charge < -0.3 is 10.2 Å². The first-order valence-corrected chi connectivity index (χ1v) is 9.47. The lowest BCUT2D eigenvalue weighted by atomic mass is 10.1. The van der Waals surface area contributed by atoms with Crippen molar-refractivity contribution in [3.05, 3.63) is 38.5 Å². The number of urea groups is 1. The zero-order chi connectivity index (χ0) is 15.5. The van der Waals surface area contributed by atoms with Crippen LogP contribution in [0.5, 0.6) is 0 Å². The SMILES string of the molecule is CC[C@H](NC(=O)N1CCC[C@@H]1c1csc(C)n1)c1cccs1. The smallest absolute Gasteiger partial charge is 0.318 e. The highest BCUT2D eigenvalue weighted by Gasteiger charge is 2.32. The lowest BCUT2D eigenvalue weighted by Gasteiger charge is -2.26.